The average Bonchev–Trinajstić information content (AvgIpc) is 3.33. The van der Waals surface area contributed by atoms with Crippen molar-refractivity contribution in [2.24, 2.45) is 5.92 Å². The second-order valence-electron chi connectivity index (χ2n) is 8.08. The molecule has 1 aliphatic heterocycles. The summed E-state index contributed by atoms with van der Waals surface area (Å²) in [5, 5.41) is 3.74. The number of anilines is 1. The molecule has 0 aromatic heterocycles. The quantitative estimate of drug-likeness (QED) is 0.421. The Kier molecular flexibility index (Phi) is 5.21. The van der Waals surface area contributed by atoms with E-state index in [1.165, 1.54) is 12.7 Å². The molecule has 1 heterocycles. The van der Waals surface area contributed by atoms with E-state index in [-0.39, 0.29) is 17.9 Å². The van der Waals surface area contributed by atoms with Crippen LogP contribution in [0.5, 0.6) is 5.75 Å². The Morgan fingerprint density at radius 1 is 1.00 bits per heavy atom. The molecule has 156 valence electrons. The maximum atomic E-state index is 12.0. The summed E-state index contributed by atoms with van der Waals surface area (Å²) in [4.78, 5) is 12.0. The third-order valence-corrected chi connectivity index (χ3v) is 6.28. The minimum atomic E-state index is -0.303. The highest BCUT2D eigenvalue weighted by Gasteiger charge is 2.39. The Labute approximate surface area is 182 Å². The summed E-state index contributed by atoms with van der Waals surface area (Å²) in [6, 6.07) is 24.4. The van der Waals surface area contributed by atoms with Crippen LogP contribution in [0, 0.1) is 5.92 Å². The summed E-state index contributed by atoms with van der Waals surface area (Å²) in [7, 11) is 1.42. The molecule has 1 N–H and O–H groups in total. The number of carbonyl (C=O) groups excluding carboxylic acids is 1. The Morgan fingerprint density at radius 2 is 1.81 bits per heavy atom. The van der Waals surface area contributed by atoms with Gasteiger partial charge in [0, 0.05) is 17.2 Å². The third kappa shape index (κ3) is 3.70. The lowest BCUT2D eigenvalue weighted by Gasteiger charge is -2.38. The van der Waals surface area contributed by atoms with Crippen LogP contribution >= 0.6 is 0 Å². The second kappa shape index (κ2) is 8.31. The van der Waals surface area contributed by atoms with E-state index in [2.05, 4.69) is 41.7 Å². The third-order valence-electron chi connectivity index (χ3n) is 6.28. The molecule has 0 spiro atoms. The molecule has 4 nitrogen and oxygen atoms in total. The van der Waals surface area contributed by atoms with Crippen molar-refractivity contribution >= 4 is 11.7 Å². The largest absolute Gasteiger partial charge is 0.489 e. The van der Waals surface area contributed by atoms with Crippen LogP contribution in [0.25, 0.3) is 0 Å². The molecule has 2 aliphatic rings. The maximum Gasteiger partial charge on any atom is 0.337 e. The summed E-state index contributed by atoms with van der Waals surface area (Å²) >= 11 is 0. The summed E-state index contributed by atoms with van der Waals surface area (Å²) in [6.07, 6.45) is 5.50. The van der Waals surface area contributed by atoms with Crippen molar-refractivity contribution in [1.29, 1.82) is 0 Å². The number of esters is 1. The van der Waals surface area contributed by atoms with Crippen LogP contribution in [-0.4, -0.2) is 13.1 Å². The van der Waals surface area contributed by atoms with Crippen molar-refractivity contribution in [3.63, 3.8) is 0 Å². The molecule has 3 aromatic carbocycles. The lowest BCUT2D eigenvalue weighted by Crippen LogP contribution is -2.29. The monoisotopic (exact) mass is 411 g/mol. The van der Waals surface area contributed by atoms with Gasteiger partial charge in [0.15, 0.2) is 0 Å². The second-order valence-corrected chi connectivity index (χ2v) is 8.08. The lowest BCUT2D eigenvalue weighted by atomic mass is 9.76. The smallest absolute Gasteiger partial charge is 0.337 e. The Morgan fingerprint density at radius 3 is 2.65 bits per heavy atom. The van der Waals surface area contributed by atoms with E-state index in [1.807, 2.05) is 48.5 Å². The highest BCUT2D eigenvalue weighted by molar-refractivity contribution is 5.90. The normalized spacial score (nSPS) is 21.0. The van der Waals surface area contributed by atoms with Gasteiger partial charge in [-0.15, -0.1) is 0 Å². The first-order valence-electron chi connectivity index (χ1n) is 10.7. The maximum absolute atomic E-state index is 12.0. The summed E-state index contributed by atoms with van der Waals surface area (Å²) in [5.74, 6) is 1.22. The van der Waals surface area contributed by atoms with Crippen LogP contribution in [0.15, 0.2) is 84.9 Å². The first kappa shape index (κ1) is 19.4. The van der Waals surface area contributed by atoms with E-state index in [1.54, 1.807) is 0 Å². The molecule has 0 saturated carbocycles. The molecule has 4 heteroatoms. The number of nitrogens with one attached hydrogen (secondary N) is 1. The topological polar surface area (TPSA) is 47.6 Å². The van der Waals surface area contributed by atoms with Gasteiger partial charge in [-0.3, -0.25) is 0 Å². The van der Waals surface area contributed by atoms with Crippen LogP contribution in [0.2, 0.25) is 0 Å². The highest BCUT2D eigenvalue weighted by atomic mass is 16.5. The molecular formula is C27H25NO3. The average molecular weight is 412 g/mol. The van der Waals surface area contributed by atoms with Crippen LogP contribution < -0.4 is 10.1 Å². The number of para-hydroxylation sites is 1. The van der Waals surface area contributed by atoms with E-state index < -0.39 is 0 Å². The Balaban J connectivity index is 1.46. The molecule has 3 aromatic rings. The molecule has 31 heavy (non-hydrogen) atoms. The molecule has 3 atom stereocenters. The van der Waals surface area contributed by atoms with Gasteiger partial charge in [-0.1, -0.05) is 60.7 Å². The minimum Gasteiger partial charge on any atom is -0.489 e. The zero-order valence-corrected chi connectivity index (χ0v) is 17.5. The first-order valence-corrected chi connectivity index (χ1v) is 10.7. The fourth-order valence-corrected chi connectivity index (χ4v) is 4.75. The predicted molar refractivity (Wildman–Crippen MR) is 121 cm³/mol. The number of benzene rings is 3. The van der Waals surface area contributed by atoms with Crippen LogP contribution in [0.3, 0.4) is 0 Å². The van der Waals surface area contributed by atoms with Gasteiger partial charge in [0.25, 0.3) is 0 Å². The van der Waals surface area contributed by atoms with Gasteiger partial charge >= 0.3 is 5.97 Å². The van der Waals surface area contributed by atoms with E-state index in [0.29, 0.717) is 18.1 Å². The molecule has 0 bridgehead atoms. The number of carbonyl (C=O) groups is 1. The van der Waals surface area contributed by atoms with E-state index in [4.69, 9.17) is 9.47 Å². The summed E-state index contributed by atoms with van der Waals surface area (Å²) < 4.78 is 11.2. The van der Waals surface area contributed by atoms with Crippen LogP contribution in [0.4, 0.5) is 5.69 Å². The number of hydrogen-bond acceptors (Lipinski definition) is 4. The summed E-state index contributed by atoms with van der Waals surface area (Å²) in [6.45, 7) is 0.538. The van der Waals surface area contributed by atoms with Gasteiger partial charge in [0.05, 0.1) is 18.7 Å². The first-order chi connectivity index (χ1) is 15.2. The Hall–Kier alpha value is -3.53. The molecule has 0 saturated heterocycles. The van der Waals surface area contributed by atoms with Gasteiger partial charge in [0.2, 0.25) is 0 Å². The zero-order valence-electron chi connectivity index (χ0n) is 17.5. The fourth-order valence-electron chi connectivity index (χ4n) is 4.75. The SMILES string of the molecule is COC(=O)c1ccc2c(c1)C1C=CCC1C(c1ccccc1OCc1ccccc1)N2. The molecule has 3 unspecified atom stereocenters. The van der Waals surface area contributed by atoms with Gasteiger partial charge in [-0.2, -0.15) is 0 Å². The van der Waals surface area contributed by atoms with Gasteiger partial charge < -0.3 is 14.8 Å². The number of rotatable bonds is 5. The molecule has 1 aliphatic carbocycles. The van der Waals surface area contributed by atoms with Crippen molar-refractivity contribution < 1.29 is 14.3 Å². The van der Waals surface area contributed by atoms with E-state index >= 15 is 0 Å². The van der Waals surface area contributed by atoms with Crippen molar-refractivity contribution in [2.75, 3.05) is 12.4 Å². The van der Waals surface area contributed by atoms with Gasteiger partial charge in [-0.25, -0.2) is 4.79 Å². The minimum absolute atomic E-state index is 0.128. The molecule has 5 rings (SSSR count). The van der Waals surface area contributed by atoms with Gasteiger partial charge in [0.1, 0.15) is 12.4 Å². The van der Waals surface area contributed by atoms with Crippen molar-refractivity contribution in [1.82, 2.24) is 0 Å². The van der Waals surface area contributed by atoms with E-state index in [0.717, 1.165) is 29.0 Å². The number of ether oxygens (including phenoxy) is 2. The zero-order chi connectivity index (χ0) is 21.2. The van der Waals surface area contributed by atoms with E-state index in [9.17, 15) is 4.79 Å². The Bertz CT molecular complexity index is 1120. The highest BCUT2D eigenvalue weighted by Crippen LogP contribution is 2.51. The number of allylic oxidation sites excluding steroid dienone is 2. The summed E-state index contributed by atoms with van der Waals surface area (Å²) in [5.41, 5.74) is 5.12. The number of methoxy groups -OCH3 is 1. The fraction of sp³-hybridized carbons (Fsp3) is 0.222. The van der Waals surface area contributed by atoms with Gasteiger partial charge in [-0.05, 0) is 47.7 Å². The lowest BCUT2D eigenvalue weighted by molar-refractivity contribution is 0.0600. The number of fused-ring (bicyclic) bond motifs is 3. The predicted octanol–water partition coefficient (Wildman–Crippen LogP) is 5.88. The molecular weight excluding hydrogens is 386 g/mol. The van der Waals surface area contributed by atoms with Crippen molar-refractivity contribution in [2.45, 2.75) is 25.0 Å². The number of hydrogen-bond donors (Lipinski definition) is 1. The molecule has 0 radical (unpaired) electrons. The molecule has 0 amide bonds. The molecule has 0 fully saturated rings. The standard InChI is InChI=1S/C27H25NO3/c1-30-27(29)19-14-15-24-23(16-19)20-11-7-12-21(20)26(28-24)22-10-5-6-13-25(22)31-17-18-8-3-2-4-9-18/h2-11,13-16,20-21,26,28H,12,17H2,1H3. The van der Waals surface area contributed by atoms with Crippen molar-refractivity contribution in [3.8, 4) is 5.75 Å². The van der Waals surface area contributed by atoms with Crippen molar-refractivity contribution in [3.05, 3.63) is 107 Å². The van der Waals surface area contributed by atoms with Crippen LogP contribution in [0.1, 0.15) is 45.4 Å². The van der Waals surface area contributed by atoms with Crippen LogP contribution in [-0.2, 0) is 11.3 Å².